The number of rotatable bonds is 2. The molecule has 0 N–H and O–H groups in total. The van der Waals surface area contributed by atoms with Gasteiger partial charge in [-0.15, -0.1) is 0 Å². The van der Waals surface area contributed by atoms with Gasteiger partial charge in [-0.05, 0) is 13.0 Å². The largest absolute Gasteiger partial charge is 0.495 e. The lowest BCUT2D eigenvalue weighted by atomic mass is 10.2. The van der Waals surface area contributed by atoms with Crippen molar-refractivity contribution in [3.05, 3.63) is 34.9 Å². The second-order valence-electron chi connectivity index (χ2n) is 2.36. The van der Waals surface area contributed by atoms with Gasteiger partial charge >= 0.3 is 0 Å². The number of methoxy groups -OCH3 is 1. The fourth-order valence-electron chi connectivity index (χ4n) is 1.05. The van der Waals surface area contributed by atoms with Crippen LogP contribution in [0, 0.1) is 0 Å². The summed E-state index contributed by atoms with van der Waals surface area (Å²) in [5.74, 6) is 0.734. The molecule has 0 amide bonds. The topological polar surface area (TPSA) is 9.23 Å². The van der Waals surface area contributed by atoms with Crippen molar-refractivity contribution in [1.29, 1.82) is 0 Å². The number of hydrogen-bond acceptors (Lipinski definition) is 1. The summed E-state index contributed by atoms with van der Waals surface area (Å²) in [5.41, 5.74) is 1.01. The molecule has 1 aromatic rings. The Morgan fingerprint density at radius 1 is 1.42 bits per heavy atom. The molecule has 1 rings (SSSR count). The van der Waals surface area contributed by atoms with E-state index >= 15 is 0 Å². The molecular weight excluding hydrogens is 172 g/mol. The fraction of sp³-hybridized carbons (Fsp3) is 0.200. The molecule has 0 aliphatic heterocycles. The summed E-state index contributed by atoms with van der Waals surface area (Å²) in [6.07, 6.45) is 3.92. The van der Waals surface area contributed by atoms with Gasteiger partial charge in [0.25, 0.3) is 0 Å². The Bertz CT molecular complexity index is 292. The number of halogens is 1. The van der Waals surface area contributed by atoms with Gasteiger partial charge in [-0.2, -0.15) is 0 Å². The molecule has 64 valence electrons. The molecule has 0 unspecified atom stereocenters. The summed E-state index contributed by atoms with van der Waals surface area (Å²) in [4.78, 5) is 0. The van der Waals surface area contributed by atoms with E-state index in [0.29, 0.717) is 5.02 Å². The van der Waals surface area contributed by atoms with Gasteiger partial charge in [0, 0.05) is 5.56 Å². The van der Waals surface area contributed by atoms with Crippen LogP contribution in [0.1, 0.15) is 12.5 Å². The van der Waals surface area contributed by atoms with Crippen LogP contribution >= 0.6 is 11.6 Å². The maximum atomic E-state index is 5.91. The lowest BCUT2D eigenvalue weighted by Gasteiger charge is -2.05. The number of benzene rings is 1. The van der Waals surface area contributed by atoms with E-state index in [1.54, 1.807) is 7.11 Å². The lowest BCUT2D eigenvalue weighted by Crippen LogP contribution is -1.87. The van der Waals surface area contributed by atoms with E-state index in [1.165, 1.54) is 0 Å². The van der Waals surface area contributed by atoms with E-state index in [1.807, 2.05) is 37.3 Å². The zero-order chi connectivity index (χ0) is 8.97. The van der Waals surface area contributed by atoms with Gasteiger partial charge in [0.1, 0.15) is 5.75 Å². The van der Waals surface area contributed by atoms with E-state index in [4.69, 9.17) is 16.3 Å². The highest BCUT2D eigenvalue weighted by atomic mass is 35.5. The minimum absolute atomic E-state index is 0.646. The summed E-state index contributed by atoms with van der Waals surface area (Å²) >= 11 is 5.91. The zero-order valence-corrected chi connectivity index (χ0v) is 7.93. The van der Waals surface area contributed by atoms with Crippen LogP contribution in [0.5, 0.6) is 5.75 Å². The average Bonchev–Trinajstić information content (AvgIpc) is 2.05. The summed E-state index contributed by atoms with van der Waals surface area (Å²) in [6.45, 7) is 1.96. The monoisotopic (exact) mass is 182 g/mol. The quantitative estimate of drug-likeness (QED) is 0.682. The Kier molecular flexibility index (Phi) is 3.18. The predicted molar refractivity (Wildman–Crippen MR) is 52.7 cm³/mol. The van der Waals surface area contributed by atoms with Gasteiger partial charge in [0.15, 0.2) is 0 Å². The molecule has 1 aromatic carbocycles. The van der Waals surface area contributed by atoms with Crippen molar-refractivity contribution in [3.8, 4) is 5.75 Å². The lowest BCUT2D eigenvalue weighted by molar-refractivity contribution is 0.414. The molecule has 0 radical (unpaired) electrons. The molecule has 0 aromatic heterocycles. The van der Waals surface area contributed by atoms with Crippen LogP contribution in [0.15, 0.2) is 24.3 Å². The van der Waals surface area contributed by atoms with E-state index in [-0.39, 0.29) is 0 Å². The first-order chi connectivity index (χ1) is 5.79. The molecule has 0 saturated carbocycles. The van der Waals surface area contributed by atoms with E-state index < -0.39 is 0 Å². The molecule has 1 nitrogen and oxygen atoms in total. The molecule has 0 fully saturated rings. The van der Waals surface area contributed by atoms with Crippen LogP contribution < -0.4 is 4.74 Å². The minimum atomic E-state index is 0.646. The van der Waals surface area contributed by atoms with Crippen LogP contribution in [0.4, 0.5) is 0 Å². The summed E-state index contributed by atoms with van der Waals surface area (Å²) in [6, 6.07) is 5.68. The van der Waals surface area contributed by atoms with Crippen molar-refractivity contribution < 1.29 is 4.74 Å². The molecule has 0 spiro atoms. The van der Waals surface area contributed by atoms with Gasteiger partial charge in [0.05, 0.1) is 12.1 Å². The molecule has 0 aliphatic carbocycles. The first kappa shape index (κ1) is 9.14. The fourth-order valence-corrected chi connectivity index (χ4v) is 1.31. The Labute approximate surface area is 77.6 Å². The van der Waals surface area contributed by atoms with Gasteiger partial charge in [-0.1, -0.05) is 35.9 Å². The average molecular weight is 183 g/mol. The van der Waals surface area contributed by atoms with Gasteiger partial charge in [-0.25, -0.2) is 0 Å². The second kappa shape index (κ2) is 4.17. The van der Waals surface area contributed by atoms with Crippen molar-refractivity contribution in [2.75, 3.05) is 7.11 Å². The van der Waals surface area contributed by atoms with Crippen LogP contribution in [-0.4, -0.2) is 7.11 Å². The first-order valence-electron chi connectivity index (χ1n) is 3.74. The summed E-state index contributed by atoms with van der Waals surface area (Å²) in [7, 11) is 1.62. The van der Waals surface area contributed by atoms with E-state index in [2.05, 4.69) is 0 Å². The van der Waals surface area contributed by atoms with Crippen LogP contribution in [-0.2, 0) is 0 Å². The Morgan fingerprint density at radius 3 is 2.75 bits per heavy atom. The third kappa shape index (κ3) is 1.80. The molecule has 0 bridgehead atoms. The highest BCUT2D eigenvalue weighted by molar-refractivity contribution is 6.32. The Balaban J connectivity index is 3.18. The van der Waals surface area contributed by atoms with Crippen molar-refractivity contribution in [2.24, 2.45) is 0 Å². The molecule has 12 heavy (non-hydrogen) atoms. The summed E-state index contributed by atoms with van der Waals surface area (Å²) < 4.78 is 5.15. The normalized spacial score (nSPS) is 10.6. The highest BCUT2D eigenvalue weighted by Gasteiger charge is 2.02. The predicted octanol–water partition coefficient (Wildman–Crippen LogP) is 3.38. The number of ether oxygens (including phenoxy) is 1. The summed E-state index contributed by atoms with van der Waals surface area (Å²) in [5, 5.41) is 0.646. The minimum Gasteiger partial charge on any atom is -0.495 e. The van der Waals surface area contributed by atoms with Crippen LogP contribution in [0.3, 0.4) is 0 Å². The number of allylic oxidation sites excluding steroid dienone is 1. The molecular formula is C10H11ClO. The molecule has 2 heteroatoms. The zero-order valence-electron chi connectivity index (χ0n) is 7.17. The standard InChI is InChI=1S/C10H11ClO/c1-3-5-8-6-4-7-9(11)10(8)12-2/h3-7H,1-2H3/b5-3+. The number of para-hydroxylation sites is 1. The van der Waals surface area contributed by atoms with Crippen molar-refractivity contribution in [1.82, 2.24) is 0 Å². The Morgan fingerprint density at radius 2 is 2.17 bits per heavy atom. The van der Waals surface area contributed by atoms with Crippen LogP contribution in [0.25, 0.3) is 6.08 Å². The van der Waals surface area contributed by atoms with Crippen LogP contribution in [0.2, 0.25) is 5.02 Å². The third-order valence-corrected chi connectivity index (χ3v) is 1.85. The maximum Gasteiger partial charge on any atom is 0.144 e. The second-order valence-corrected chi connectivity index (χ2v) is 2.77. The maximum absolute atomic E-state index is 5.91. The van der Waals surface area contributed by atoms with Gasteiger partial charge in [0.2, 0.25) is 0 Å². The number of hydrogen-bond donors (Lipinski definition) is 0. The SMILES string of the molecule is C/C=C/c1cccc(Cl)c1OC. The molecule has 0 saturated heterocycles. The Hall–Kier alpha value is -0.950. The molecule has 0 heterocycles. The highest BCUT2D eigenvalue weighted by Crippen LogP contribution is 2.28. The van der Waals surface area contributed by atoms with Crippen molar-refractivity contribution in [3.63, 3.8) is 0 Å². The van der Waals surface area contributed by atoms with E-state index in [0.717, 1.165) is 11.3 Å². The first-order valence-corrected chi connectivity index (χ1v) is 4.12. The smallest absolute Gasteiger partial charge is 0.144 e. The molecule has 0 aliphatic rings. The van der Waals surface area contributed by atoms with E-state index in [9.17, 15) is 0 Å². The van der Waals surface area contributed by atoms with Crippen molar-refractivity contribution >= 4 is 17.7 Å². The van der Waals surface area contributed by atoms with Crippen molar-refractivity contribution in [2.45, 2.75) is 6.92 Å². The van der Waals surface area contributed by atoms with Gasteiger partial charge < -0.3 is 4.74 Å². The third-order valence-electron chi connectivity index (χ3n) is 1.55. The molecule has 0 atom stereocenters. The van der Waals surface area contributed by atoms with Gasteiger partial charge in [-0.3, -0.25) is 0 Å².